The van der Waals surface area contributed by atoms with Crippen LogP contribution in [0.4, 0.5) is 18.0 Å². The van der Waals surface area contributed by atoms with Crippen molar-refractivity contribution in [1.29, 1.82) is 0 Å². The number of hydrogen-bond acceptors (Lipinski definition) is 8. The summed E-state index contributed by atoms with van der Waals surface area (Å²) >= 11 is 1.16. The molecular weight excluding hydrogens is 479 g/mol. The molecule has 1 fully saturated rings. The van der Waals surface area contributed by atoms with E-state index in [-0.39, 0.29) is 18.5 Å². The number of ether oxygens (including phenoxy) is 2. The van der Waals surface area contributed by atoms with Gasteiger partial charge in [0.25, 0.3) is 5.56 Å². The maximum atomic E-state index is 13.3. The van der Waals surface area contributed by atoms with Gasteiger partial charge in [-0.25, -0.2) is 9.59 Å². The monoisotopic (exact) mass is 503 g/mol. The number of amides is 1. The summed E-state index contributed by atoms with van der Waals surface area (Å²) in [5.74, 6) is 0.456. The summed E-state index contributed by atoms with van der Waals surface area (Å²) in [7, 11) is 1.23. The molecule has 14 heteroatoms. The predicted octanol–water partition coefficient (Wildman–Crippen LogP) is 2.18. The normalized spacial score (nSPS) is 20.1. The maximum Gasteiger partial charge on any atom is 0.522 e. The van der Waals surface area contributed by atoms with Crippen LogP contribution in [-0.2, 0) is 22.6 Å². The maximum absolute atomic E-state index is 13.3. The van der Waals surface area contributed by atoms with E-state index >= 15 is 0 Å². The molecule has 1 aliphatic carbocycles. The smallest absolute Gasteiger partial charge is 0.453 e. The molecule has 2 aromatic heterocycles. The van der Waals surface area contributed by atoms with Gasteiger partial charge in [-0.3, -0.25) is 29.0 Å². The van der Waals surface area contributed by atoms with Crippen LogP contribution in [0.1, 0.15) is 29.8 Å². The van der Waals surface area contributed by atoms with E-state index in [2.05, 4.69) is 19.8 Å². The van der Waals surface area contributed by atoms with Crippen LogP contribution >= 0.6 is 11.3 Å². The minimum Gasteiger partial charge on any atom is -0.453 e. The van der Waals surface area contributed by atoms with E-state index in [1.54, 1.807) is 11.8 Å². The fourth-order valence-corrected chi connectivity index (χ4v) is 5.37. The van der Waals surface area contributed by atoms with E-state index in [0.29, 0.717) is 47.8 Å². The van der Waals surface area contributed by atoms with Gasteiger partial charge in [0.2, 0.25) is 5.96 Å². The lowest BCUT2D eigenvalue weighted by molar-refractivity contribution is -0.325. The van der Waals surface area contributed by atoms with E-state index in [0.717, 1.165) is 20.8 Å². The van der Waals surface area contributed by atoms with Crippen molar-refractivity contribution < 1.29 is 27.4 Å². The van der Waals surface area contributed by atoms with E-state index in [1.165, 1.54) is 11.7 Å². The molecule has 0 radical (unpaired) electrons. The largest absolute Gasteiger partial charge is 0.522 e. The van der Waals surface area contributed by atoms with Crippen LogP contribution in [0.25, 0.3) is 10.2 Å². The Labute approximate surface area is 195 Å². The molecule has 3 heterocycles. The van der Waals surface area contributed by atoms with Gasteiger partial charge in [0.1, 0.15) is 4.83 Å². The Bertz CT molecular complexity index is 1260. The summed E-state index contributed by atoms with van der Waals surface area (Å²) in [6.45, 7) is 3.81. The Morgan fingerprint density at radius 1 is 1.32 bits per heavy atom. The summed E-state index contributed by atoms with van der Waals surface area (Å²) in [5.41, 5.74) is -0.437. The standard InChI is InChI=1S/C20H24F3N5O5S/c1-10-8-12(10)28-15(29)14-11(2)13(9-26-5-4-24-17(26)25-18(30)32-3)34-16(14)27(19(28)31)6-7-33-20(21,22)23/h10,12H,4-9H2,1-3H3,(H,24,25,30). The molecular formula is C20H24F3N5O5S. The molecule has 2 aliphatic rings. The molecule has 1 saturated carbocycles. The number of nitrogens with zero attached hydrogens (tertiary/aromatic N) is 4. The van der Waals surface area contributed by atoms with Crippen LogP contribution in [0.2, 0.25) is 0 Å². The number of carbonyl (C=O) groups excluding carboxylic acids is 1. The van der Waals surface area contributed by atoms with Gasteiger partial charge in [-0.05, 0) is 24.8 Å². The van der Waals surface area contributed by atoms with Gasteiger partial charge in [0.05, 0.1) is 38.7 Å². The van der Waals surface area contributed by atoms with Crippen molar-refractivity contribution in [2.45, 2.75) is 45.8 Å². The highest BCUT2D eigenvalue weighted by molar-refractivity contribution is 7.18. The zero-order valence-electron chi connectivity index (χ0n) is 18.8. The number of nitrogens with one attached hydrogen (secondary N) is 1. The van der Waals surface area contributed by atoms with Crippen molar-refractivity contribution in [3.05, 3.63) is 31.3 Å². The fraction of sp³-hybridized carbons (Fsp3) is 0.600. The number of aryl methyl sites for hydroxylation is 1. The number of aromatic nitrogens is 2. The molecule has 2 unspecified atom stereocenters. The first kappa shape index (κ1) is 24.3. The minimum absolute atomic E-state index is 0.133. The molecule has 1 N–H and O–H groups in total. The van der Waals surface area contributed by atoms with Crippen molar-refractivity contribution in [3.63, 3.8) is 0 Å². The number of carbonyl (C=O) groups is 1. The molecule has 34 heavy (non-hydrogen) atoms. The molecule has 186 valence electrons. The average Bonchev–Trinajstić information content (AvgIpc) is 3.15. The van der Waals surface area contributed by atoms with Crippen molar-refractivity contribution in [3.8, 4) is 0 Å². The third-order valence-corrected chi connectivity index (χ3v) is 7.29. The van der Waals surface area contributed by atoms with Crippen molar-refractivity contribution in [2.75, 3.05) is 26.8 Å². The lowest BCUT2D eigenvalue weighted by Crippen LogP contribution is -2.41. The first-order chi connectivity index (χ1) is 16.0. The van der Waals surface area contributed by atoms with Crippen molar-refractivity contribution in [1.82, 2.24) is 19.4 Å². The van der Waals surface area contributed by atoms with Crippen molar-refractivity contribution >= 4 is 33.6 Å². The predicted molar refractivity (Wildman–Crippen MR) is 118 cm³/mol. The van der Waals surface area contributed by atoms with Crippen LogP contribution in [0, 0.1) is 12.8 Å². The average molecular weight is 504 g/mol. The van der Waals surface area contributed by atoms with E-state index < -0.39 is 30.3 Å². The van der Waals surface area contributed by atoms with Crippen LogP contribution in [-0.4, -0.2) is 59.3 Å². The molecule has 0 saturated heterocycles. The topological polar surface area (TPSA) is 107 Å². The van der Waals surface area contributed by atoms with E-state index in [9.17, 15) is 27.6 Å². The number of methoxy groups -OCH3 is 1. The summed E-state index contributed by atoms with van der Waals surface area (Å²) in [4.78, 5) is 45.1. The molecule has 1 amide bonds. The summed E-state index contributed by atoms with van der Waals surface area (Å²) < 4.78 is 48.5. The molecule has 2 atom stereocenters. The van der Waals surface area contributed by atoms with Gasteiger partial charge in [-0.2, -0.15) is 0 Å². The first-order valence-electron chi connectivity index (χ1n) is 10.6. The fourth-order valence-electron chi connectivity index (χ4n) is 4.04. The summed E-state index contributed by atoms with van der Waals surface area (Å²) in [6.07, 6.45) is -4.84. The second-order valence-electron chi connectivity index (χ2n) is 8.26. The number of guanidine groups is 1. The Morgan fingerprint density at radius 3 is 2.65 bits per heavy atom. The minimum atomic E-state index is -4.82. The zero-order valence-corrected chi connectivity index (χ0v) is 19.6. The summed E-state index contributed by atoms with van der Waals surface area (Å²) in [6, 6.07) is -0.275. The highest BCUT2D eigenvalue weighted by Crippen LogP contribution is 2.41. The third-order valence-electron chi connectivity index (χ3n) is 5.99. The summed E-state index contributed by atoms with van der Waals surface area (Å²) in [5, 5.41) is 2.85. The molecule has 10 nitrogen and oxygen atoms in total. The second kappa shape index (κ2) is 9.06. The molecule has 0 spiro atoms. The quantitative estimate of drug-likeness (QED) is 0.648. The van der Waals surface area contributed by atoms with Crippen molar-refractivity contribution in [2.24, 2.45) is 10.9 Å². The highest BCUT2D eigenvalue weighted by Gasteiger charge is 2.38. The zero-order chi connectivity index (χ0) is 24.8. The van der Waals surface area contributed by atoms with Crippen LogP contribution < -0.4 is 16.6 Å². The molecule has 0 aromatic carbocycles. The Kier molecular flexibility index (Phi) is 6.46. The number of hydrogen-bond donors (Lipinski definition) is 1. The third kappa shape index (κ3) is 4.69. The lowest BCUT2D eigenvalue weighted by Gasteiger charge is -2.19. The second-order valence-corrected chi connectivity index (χ2v) is 9.34. The molecule has 0 bridgehead atoms. The molecule has 1 aliphatic heterocycles. The first-order valence-corrected chi connectivity index (χ1v) is 11.5. The van der Waals surface area contributed by atoms with Gasteiger partial charge >= 0.3 is 18.1 Å². The number of alkyl carbamates (subject to hydrolysis) is 1. The Balaban J connectivity index is 1.74. The molecule has 2 aromatic rings. The van der Waals surface area contributed by atoms with Gasteiger partial charge in [0, 0.05) is 17.5 Å². The van der Waals surface area contributed by atoms with Gasteiger partial charge in [-0.1, -0.05) is 6.92 Å². The van der Waals surface area contributed by atoms with Gasteiger partial charge in [-0.15, -0.1) is 24.5 Å². The molecule has 4 rings (SSSR count). The number of aliphatic imine (C=N–C) groups is 1. The van der Waals surface area contributed by atoms with Gasteiger partial charge < -0.3 is 9.64 Å². The van der Waals surface area contributed by atoms with E-state index in [1.807, 2.05) is 6.92 Å². The van der Waals surface area contributed by atoms with Crippen LogP contribution in [0.5, 0.6) is 0 Å². The number of thiophene rings is 1. The van der Waals surface area contributed by atoms with E-state index in [4.69, 9.17) is 0 Å². The SMILES string of the molecule is COC(=O)NC1=NCCN1Cc1sc2c(c1C)c(=O)n(C1CC1C)c(=O)n2CCOC(F)(F)F. The number of fused-ring (bicyclic) bond motifs is 1. The Morgan fingerprint density at radius 2 is 2.03 bits per heavy atom. The lowest BCUT2D eigenvalue weighted by atomic mass is 10.2. The van der Waals surface area contributed by atoms with Gasteiger partial charge in [0.15, 0.2) is 0 Å². The number of rotatable bonds is 6. The number of halogens is 3. The van der Waals surface area contributed by atoms with Crippen LogP contribution in [0.15, 0.2) is 14.6 Å². The van der Waals surface area contributed by atoms with Crippen LogP contribution in [0.3, 0.4) is 0 Å². The Hall–Kier alpha value is -2.87. The number of alkyl halides is 3. The highest BCUT2D eigenvalue weighted by atomic mass is 32.1.